The van der Waals surface area contributed by atoms with Crippen LogP contribution in [0.2, 0.25) is 0 Å². The number of fused-ring (bicyclic) bond motifs is 1. The molecule has 6 aromatic rings. The van der Waals surface area contributed by atoms with Crippen molar-refractivity contribution in [3.63, 3.8) is 0 Å². The van der Waals surface area contributed by atoms with Crippen LogP contribution in [0, 0.1) is 0 Å². The van der Waals surface area contributed by atoms with E-state index in [9.17, 15) is 0 Å². The fourth-order valence-electron chi connectivity index (χ4n) is 4.14. The van der Waals surface area contributed by atoms with Gasteiger partial charge in [-0.2, -0.15) is 9.13 Å². The second kappa shape index (κ2) is 8.60. The molecule has 1 aromatic carbocycles. The van der Waals surface area contributed by atoms with E-state index in [0.717, 1.165) is 44.7 Å². The molecule has 0 spiro atoms. The SMILES string of the molecule is c1ccc2c(-[n+]3ccc(-c4cc[nH+]cc4)cc3)nnc(-[n+]3ccc(-c4cc[nH+]cc4)cc3)c2c1. The molecule has 160 valence electrons. The molecule has 6 heteroatoms. The van der Waals surface area contributed by atoms with Gasteiger partial charge in [-0.25, -0.2) is 9.97 Å². The summed E-state index contributed by atoms with van der Waals surface area (Å²) < 4.78 is 4.02. The fourth-order valence-corrected chi connectivity index (χ4v) is 4.14. The van der Waals surface area contributed by atoms with Crippen LogP contribution in [0.4, 0.5) is 0 Å². The van der Waals surface area contributed by atoms with Crippen molar-refractivity contribution in [2.24, 2.45) is 0 Å². The van der Waals surface area contributed by atoms with E-state index in [1.54, 1.807) is 0 Å². The number of H-pyrrole nitrogens is 2. The van der Waals surface area contributed by atoms with Crippen LogP contribution in [-0.4, -0.2) is 10.2 Å². The van der Waals surface area contributed by atoms with Gasteiger partial charge in [0.15, 0.2) is 35.0 Å². The number of hydrogen-bond acceptors (Lipinski definition) is 2. The monoisotopic (exact) mass is 442 g/mol. The second-order valence-electron chi connectivity index (χ2n) is 7.96. The summed E-state index contributed by atoms with van der Waals surface area (Å²) in [5.74, 6) is 1.59. The Labute approximate surface area is 196 Å². The highest BCUT2D eigenvalue weighted by Crippen LogP contribution is 2.21. The summed E-state index contributed by atoms with van der Waals surface area (Å²) in [6.45, 7) is 0. The summed E-state index contributed by atoms with van der Waals surface area (Å²) in [7, 11) is 0. The van der Waals surface area contributed by atoms with Gasteiger partial charge in [-0.3, -0.25) is 0 Å². The lowest BCUT2D eigenvalue weighted by atomic mass is 10.1. The Balaban J connectivity index is 1.39. The van der Waals surface area contributed by atoms with Gasteiger partial charge < -0.3 is 0 Å². The molecule has 0 saturated carbocycles. The van der Waals surface area contributed by atoms with Gasteiger partial charge >= 0.3 is 11.6 Å². The van der Waals surface area contributed by atoms with Crippen LogP contribution < -0.4 is 19.1 Å². The highest BCUT2D eigenvalue weighted by molar-refractivity contribution is 5.90. The Hall–Kier alpha value is -4.84. The molecule has 34 heavy (non-hydrogen) atoms. The number of rotatable bonds is 4. The standard InChI is InChI=1S/C28H20N6/c1-2-4-26-25(3-1)27(33-17-9-23(10-18-33)21-5-13-29-14-6-21)31-32-28(26)34-19-11-24(12-20-34)22-7-15-30-16-8-22/h1-20H/q+2/p+2. The number of aromatic amines is 2. The molecule has 2 N–H and O–H groups in total. The Morgan fingerprint density at radius 2 is 0.794 bits per heavy atom. The van der Waals surface area contributed by atoms with E-state index in [-0.39, 0.29) is 0 Å². The molecule has 0 radical (unpaired) electrons. The van der Waals surface area contributed by atoms with E-state index >= 15 is 0 Å². The maximum absolute atomic E-state index is 4.62. The highest BCUT2D eigenvalue weighted by Gasteiger charge is 2.25. The van der Waals surface area contributed by atoms with E-state index in [4.69, 9.17) is 0 Å². The van der Waals surface area contributed by atoms with Crippen LogP contribution in [0.3, 0.4) is 0 Å². The van der Waals surface area contributed by atoms with Crippen molar-refractivity contribution in [1.82, 2.24) is 10.2 Å². The van der Waals surface area contributed by atoms with Crippen molar-refractivity contribution in [3.8, 4) is 33.9 Å². The number of pyridine rings is 4. The Morgan fingerprint density at radius 3 is 1.18 bits per heavy atom. The number of benzene rings is 1. The zero-order chi connectivity index (χ0) is 22.7. The van der Waals surface area contributed by atoms with Crippen molar-refractivity contribution in [3.05, 3.63) is 122 Å². The van der Waals surface area contributed by atoms with Gasteiger partial charge in [0, 0.05) is 24.3 Å². The second-order valence-corrected chi connectivity index (χ2v) is 7.96. The van der Waals surface area contributed by atoms with Crippen LogP contribution in [0.25, 0.3) is 44.7 Å². The molecule has 6 rings (SSSR count). The van der Waals surface area contributed by atoms with Gasteiger partial charge in [0.25, 0.3) is 0 Å². The maximum Gasteiger partial charge on any atom is 0.389 e. The predicted molar refractivity (Wildman–Crippen MR) is 127 cm³/mol. The average Bonchev–Trinajstić information content (AvgIpc) is 2.94. The van der Waals surface area contributed by atoms with Crippen LogP contribution in [0.5, 0.6) is 0 Å². The first-order chi connectivity index (χ1) is 16.9. The van der Waals surface area contributed by atoms with Crippen LogP contribution >= 0.6 is 0 Å². The van der Waals surface area contributed by atoms with E-state index in [2.05, 4.69) is 80.8 Å². The first-order valence-electron chi connectivity index (χ1n) is 11.1. The fraction of sp³-hybridized carbons (Fsp3) is 0. The number of hydrogen-bond donors (Lipinski definition) is 0. The Bertz CT molecular complexity index is 1440. The van der Waals surface area contributed by atoms with Gasteiger partial charge in [0.2, 0.25) is 0 Å². The summed E-state index contributed by atoms with van der Waals surface area (Å²) in [5, 5.41) is 11.3. The molecule has 5 aromatic heterocycles. The highest BCUT2D eigenvalue weighted by atomic mass is 15.2. The number of nitrogens with zero attached hydrogens (tertiary/aromatic N) is 4. The molecule has 5 heterocycles. The predicted octanol–water partition coefficient (Wildman–Crippen LogP) is 3.15. The maximum atomic E-state index is 4.62. The van der Waals surface area contributed by atoms with Gasteiger partial charge in [-0.1, -0.05) is 12.1 Å². The smallest absolute Gasteiger partial charge is 0.218 e. The molecule has 0 saturated heterocycles. The Morgan fingerprint density at radius 1 is 0.441 bits per heavy atom. The van der Waals surface area contributed by atoms with E-state index in [1.807, 2.05) is 70.8 Å². The molecule has 0 aliphatic carbocycles. The molecule has 0 aliphatic heterocycles. The van der Waals surface area contributed by atoms with Crippen LogP contribution in [-0.2, 0) is 0 Å². The lowest BCUT2D eigenvalue weighted by molar-refractivity contribution is -0.603. The zero-order valence-corrected chi connectivity index (χ0v) is 18.3. The molecule has 0 fully saturated rings. The number of nitrogens with one attached hydrogen (secondary N) is 2. The molecule has 0 unspecified atom stereocenters. The number of aromatic nitrogens is 6. The van der Waals surface area contributed by atoms with Crippen LogP contribution in [0.15, 0.2) is 122 Å². The topological polar surface area (TPSA) is 61.8 Å². The lowest BCUT2D eigenvalue weighted by Crippen LogP contribution is -2.35. The van der Waals surface area contributed by atoms with Gasteiger partial charge in [0.1, 0.15) is 0 Å². The summed E-state index contributed by atoms with van der Waals surface area (Å²) in [4.78, 5) is 6.13. The lowest BCUT2D eigenvalue weighted by Gasteiger charge is -2.03. The largest absolute Gasteiger partial charge is 0.389 e. The summed E-state index contributed by atoms with van der Waals surface area (Å²) in [6.07, 6.45) is 15.8. The third-order valence-corrected chi connectivity index (χ3v) is 5.90. The summed E-state index contributed by atoms with van der Waals surface area (Å²) in [6, 6.07) is 24.8. The summed E-state index contributed by atoms with van der Waals surface area (Å²) in [5.41, 5.74) is 4.61. The molecule has 0 aliphatic rings. The van der Waals surface area contributed by atoms with Crippen molar-refractivity contribution in [2.75, 3.05) is 0 Å². The van der Waals surface area contributed by atoms with E-state index in [0.29, 0.717) is 0 Å². The molecular weight excluding hydrogens is 420 g/mol. The quantitative estimate of drug-likeness (QED) is 0.394. The first kappa shape index (κ1) is 19.8. The molecule has 0 atom stereocenters. The molecule has 0 bridgehead atoms. The van der Waals surface area contributed by atoms with E-state index < -0.39 is 0 Å². The third-order valence-electron chi connectivity index (χ3n) is 5.90. The Kier molecular flexibility index (Phi) is 5.01. The third kappa shape index (κ3) is 3.67. The van der Waals surface area contributed by atoms with Crippen molar-refractivity contribution >= 4 is 10.8 Å². The normalized spacial score (nSPS) is 10.9. The molecular formula is C28H22N6+4. The summed E-state index contributed by atoms with van der Waals surface area (Å²) >= 11 is 0. The van der Waals surface area contributed by atoms with Crippen molar-refractivity contribution in [1.29, 1.82) is 0 Å². The average molecular weight is 443 g/mol. The minimum absolute atomic E-state index is 0.796. The van der Waals surface area contributed by atoms with Gasteiger partial charge in [-0.15, -0.1) is 0 Å². The van der Waals surface area contributed by atoms with Gasteiger partial charge in [-0.05, 0) is 58.7 Å². The zero-order valence-electron chi connectivity index (χ0n) is 18.3. The first-order valence-corrected chi connectivity index (χ1v) is 11.1. The minimum atomic E-state index is 0.796. The van der Waals surface area contributed by atoms with Crippen molar-refractivity contribution in [2.45, 2.75) is 0 Å². The van der Waals surface area contributed by atoms with E-state index in [1.165, 1.54) is 0 Å². The minimum Gasteiger partial charge on any atom is -0.218 e. The van der Waals surface area contributed by atoms with Crippen molar-refractivity contribution < 1.29 is 19.1 Å². The molecule has 0 amide bonds. The van der Waals surface area contributed by atoms with Gasteiger partial charge in [0.05, 0.1) is 35.6 Å². The molecule has 6 nitrogen and oxygen atoms in total. The van der Waals surface area contributed by atoms with Crippen LogP contribution in [0.1, 0.15) is 0 Å².